The third kappa shape index (κ3) is 3.58. The van der Waals surface area contributed by atoms with Gasteiger partial charge in [-0.1, -0.05) is 27.2 Å². The van der Waals surface area contributed by atoms with Crippen LogP contribution in [0, 0.1) is 6.92 Å². The van der Waals surface area contributed by atoms with E-state index in [0.717, 1.165) is 22.2 Å². The molecular formula is C13H16BrN3OS. The van der Waals surface area contributed by atoms with Gasteiger partial charge in [-0.2, -0.15) is 16.7 Å². The van der Waals surface area contributed by atoms with Gasteiger partial charge in [0.15, 0.2) is 0 Å². The van der Waals surface area contributed by atoms with Gasteiger partial charge in [0, 0.05) is 10.0 Å². The Balaban J connectivity index is 2.20. The van der Waals surface area contributed by atoms with Gasteiger partial charge < -0.3 is 10.3 Å². The van der Waals surface area contributed by atoms with Gasteiger partial charge in [-0.15, -0.1) is 0 Å². The Hall–Kier alpha value is -0.850. The molecule has 1 aromatic heterocycles. The van der Waals surface area contributed by atoms with Crippen molar-refractivity contribution in [1.29, 1.82) is 0 Å². The van der Waals surface area contributed by atoms with Crippen molar-refractivity contribution in [3.63, 3.8) is 0 Å². The van der Waals surface area contributed by atoms with Crippen molar-refractivity contribution in [2.45, 2.75) is 19.4 Å². The van der Waals surface area contributed by atoms with Crippen LogP contribution < -0.4 is 5.73 Å². The molecule has 0 radical (unpaired) electrons. The van der Waals surface area contributed by atoms with Crippen molar-refractivity contribution in [3.8, 4) is 11.4 Å². The highest BCUT2D eigenvalue weighted by Gasteiger charge is 2.16. The first-order valence-electron chi connectivity index (χ1n) is 5.96. The summed E-state index contributed by atoms with van der Waals surface area (Å²) in [6.07, 6.45) is 2.88. The molecule has 0 spiro atoms. The fourth-order valence-electron chi connectivity index (χ4n) is 1.66. The molecule has 1 aromatic carbocycles. The fraction of sp³-hybridized carbons (Fsp3) is 0.385. The Bertz CT molecular complexity index is 559. The molecule has 19 heavy (non-hydrogen) atoms. The smallest absolute Gasteiger partial charge is 0.243 e. The van der Waals surface area contributed by atoms with E-state index in [9.17, 15) is 0 Å². The van der Waals surface area contributed by atoms with Crippen LogP contribution in [0.5, 0.6) is 0 Å². The summed E-state index contributed by atoms with van der Waals surface area (Å²) in [5.41, 5.74) is 8.10. The zero-order valence-electron chi connectivity index (χ0n) is 10.9. The normalized spacial score (nSPS) is 12.6. The molecule has 0 aliphatic rings. The number of nitrogens with zero attached hydrogens (tertiary/aromatic N) is 2. The second-order valence-electron chi connectivity index (χ2n) is 4.33. The SMILES string of the molecule is CSCC[C@@H](N)c1nc(-c2ccc(C)cc2Br)no1. The van der Waals surface area contributed by atoms with E-state index in [1.54, 1.807) is 11.8 Å². The lowest BCUT2D eigenvalue weighted by atomic mass is 10.1. The van der Waals surface area contributed by atoms with Gasteiger partial charge in [-0.05, 0) is 43.0 Å². The first-order valence-corrected chi connectivity index (χ1v) is 8.15. The lowest BCUT2D eigenvalue weighted by Gasteiger charge is -2.03. The van der Waals surface area contributed by atoms with Crippen LogP contribution in [0.3, 0.4) is 0 Å². The minimum atomic E-state index is -0.196. The van der Waals surface area contributed by atoms with E-state index in [2.05, 4.69) is 32.3 Å². The zero-order chi connectivity index (χ0) is 13.8. The van der Waals surface area contributed by atoms with Crippen molar-refractivity contribution in [2.75, 3.05) is 12.0 Å². The highest BCUT2D eigenvalue weighted by atomic mass is 79.9. The molecule has 0 bridgehead atoms. The second-order valence-corrected chi connectivity index (χ2v) is 6.17. The maximum Gasteiger partial charge on any atom is 0.243 e. The Morgan fingerprint density at radius 2 is 2.26 bits per heavy atom. The number of hydrogen-bond donors (Lipinski definition) is 1. The lowest BCUT2D eigenvalue weighted by molar-refractivity contribution is 0.353. The Morgan fingerprint density at radius 3 is 2.95 bits per heavy atom. The highest BCUT2D eigenvalue weighted by Crippen LogP contribution is 2.28. The fourth-order valence-corrected chi connectivity index (χ4v) is 2.83. The van der Waals surface area contributed by atoms with Crippen LogP contribution in [0.25, 0.3) is 11.4 Å². The van der Waals surface area contributed by atoms with Crippen LogP contribution in [0.1, 0.15) is 23.9 Å². The maximum atomic E-state index is 6.01. The van der Waals surface area contributed by atoms with Crippen LogP contribution in [0.4, 0.5) is 0 Å². The summed E-state index contributed by atoms with van der Waals surface area (Å²) in [7, 11) is 0. The first kappa shape index (κ1) is 14.6. The number of halogens is 1. The van der Waals surface area contributed by atoms with Crippen molar-refractivity contribution < 1.29 is 4.52 Å². The molecule has 4 nitrogen and oxygen atoms in total. The molecule has 2 N–H and O–H groups in total. The van der Waals surface area contributed by atoms with Gasteiger partial charge in [0.2, 0.25) is 11.7 Å². The van der Waals surface area contributed by atoms with Crippen LogP contribution in [-0.4, -0.2) is 22.1 Å². The molecule has 0 fully saturated rings. The number of aryl methyl sites for hydroxylation is 1. The minimum absolute atomic E-state index is 0.196. The van der Waals surface area contributed by atoms with Crippen LogP contribution in [0.15, 0.2) is 27.2 Å². The van der Waals surface area contributed by atoms with E-state index in [1.165, 1.54) is 5.56 Å². The molecule has 1 heterocycles. The summed E-state index contributed by atoms with van der Waals surface area (Å²) in [4.78, 5) is 4.38. The molecule has 102 valence electrons. The second kappa shape index (κ2) is 6.54. The molecule has 0 saturated carbocycles. The van der Waals surface area contributed by atoms with E-state index >= 15 is 0 Å². The molecule has 1 atom stereocenters. The molecule has 2 rings (SSSR count). The van der Waals surface area contributed by atoms with Gasteiger partial charge in [0.1, 0.15) is 0 Å². The highest BCUT2D eigenvalue weighted by molar-refractivity contribution is 9.10. The third-order valence-corrected chi connectivity index (χ3v) is 4.06. The standard InChI is InChI=1S/C13H16BrN3OS/c1-8-3-4-9(10(14)7-8)12-16-13(18-17-12)11(15)5-6-19-2/h3-4,7,11H,5-6,15H2,1-2H3/t11-/m1/s1. The zero-order valence-corrected chi connectivity index (χ0v) is 13.3. The number of aromatic nitrogens is 2. The van der Waals surface area contributed by atoms with Gasteiger partial charge >= 0.3 is 0 Å². The van der Waals surface area contributed by atoms with Crippen molar-refractivity contribution in [3.05, 3.63) is 34.1 Å². The summed E-state index contributed by atoms with van der Waals surface area (Å²) >= 11 is 5.27. The van der Waals surface area contributed by atoms with Crippen molar-refractivity contribution >= 4 is 27.7 Å². The number of rotatable bonds is 5. The Kier molecular flexibility index (Phi) is 5.01. The average molecular weight is 342 g/mol. The number of hydrogen-bond acceptors (Lipinski definition) is 5. The molecule has 0 aliphatic heterocycles. The minimum Gasteiger partial charge on any atom is -0.337 e. The number of thioether (sulfide) groups is 1. The topological polar surface area (TPSA) is 64.9 Å². The molecule has 0 aliphatic carbocycles. The Labute approximate surface area is 125 Å². The third-order valence-electron chi connectivity index (χ3n) is 2.76. The van der Waals surface area contributed by atoms with Crippen LogP contribution in [0.2, 0.25) is 0 Å². The Morgan fingerprint density at radius 1 is 1.47 bits per heavy atom. The average Bonchev–Trinajstić information content (AvgIpc) is 2.85. The van der Waals surface area contributed by atoms with E-state index in [-0.39, 0.29) is 6.04 Å². The van der Waals surface area contributed by atoms with Gasteiger partial charge in [-0.3, -0.25) is 0 Å². The molecule has 6 heteroatoms. The van der Waals surface area contributed by atoms with E-state index < -0.39 is 0 Å². The molecule has 2 aromatic rings. The van der Waals surface area contributed by atoms with Gasteiger partial charge in [0.05, 0.1) is 6.04 Å². The van der Waals surface area contributed by atoms with E-state index in [4.69, 9.17) is 10.3 Å². The molecular weight excluding hydrogens is 326 g/mol. The van der Waals surface area contributed by atoms with Crippen molar-refractivity contribution in [2.24, 2.45) is 5.73 Å². The van der Waals surface area contributed by atoms with Crippen LogP contribution >= 0.6 is 27.7 Å². The summed E-state index contributed by atoms with van der Waals surface area (Å²) in [5.74, 6) is 2.05. The monoisotopic (exact) mass is 341 g/mol. The quantitative estimate of drug-likeness (QED) is 0.900. The molecule has 0 unspecified atom stereocenters. The predicted octanol–water partition coefficient (Wildman–Crippen LogP) is 3.56. The maximum absolute atomic E-state index is 6.01. The van der Waals surface area contributed by atoms with E-state index in [0.29, 0.717) is 11.7 Å². The number of benzene rings is 1. The predicted molar refractivity (Wildman–Crippen MR) is 82.1 cm³/mol. The van der Waals surface area contributed by atoms with Gasteiger partial charge in [-0.25, -0.2) is 0 Å². The molecule has 0 amide bonds. The van der Waals surface area contributed by atoms with Crippen LogP contribution in [-0.2, 0) is 0 Å². The summed E-state index contributed by atoms with van der Waals surface area (Å²) in [5, 5.41) is 4.00. The summed E-state index contributed by atoms with van der Waals surface area (Å²) in [6.45, 7) is 2.04. The van der Waals surface area contributed by atoms with Gasteiger partial charge in [0.25, 0.3) is 0 Å². The van der Waals surface area contributed by atoms with E-state index in [1.807, 2.05) is 25.1 Å². The largest absolute Gasteiger partial charge is 0.337 e. The summed E-state index contributed by atoms with van der Waals surface area (Å²) in [6, 6.07) is 5.82. The van der Waals surface area contributed by atoms with Crippen molar-refractivity contribution in [1.82, 2.24) is 10.1 Å². The number of nitrogens with two attached hydrogens (primary N) is 1. The summed E-state index contributed by atoms with van der Waals surface area (Å²) < 4.78 is 6.20. The lowest BCUT2D eigenvalue weighted by Crippen LogP contribution is -2.11. The molecule has 0 saturated heterocycles. The first-order chi connectivity index (χ1) is 9.11.